The van der Waals surface area contributed by atoms with Crippen LogP contribution in [0.1, 0.15) is 31.7 Å². The van der Waals surface area contributed by atoms with Gasteiger partial charge in [0, 0.05) is 31.5 Å². The Kier molecular flexibility index (Phi) is 8.75. The van der Waals surface area contributed by atoms with Crippen molar-refractivity contribution in [3.8, 4) is 5.75 Å². The maximum atomic E-state index is 14.5. The van der Waals surface area contributed by atoms with E-state index in [9.17, 15) is 9.18 Å². The van der Waals surface area contributed by atoms with Gasteiger partial charge >= 0.3 is 0 Å². The largest absolute Gasteiger partial charge is 0.491 e. The van der Waals surface area contributed by atoms with Crippen LogP contribution in [0.15, 0.2) is 36.7 Å². The van der Waals surface area contributed by atoms with Gasteiger partial charge in [-0.05, 0) is 49.9 Å². The number of benzene rings is 2. The lowest BCUT2D eigenvalue weighted by Gasteiger charge is -2.25. The monoisotopic (exact) mass is 531 g/mol. The normalized spacial score (nSPS) is 17.3. The van der Waals surface area contributed by atoms with Crippen molar-refractivity contribution in [2.75, 3.05) is 32.2 Å². The number of nitrogens with two attached hydrogens (primary N) is 1. The summed E-state index contributed by atoms with van der Waals surface area (Å²) in [6.45, 7) is 2.95. The number of carbonyl (C=O) groups excluding carboxylic acids is 1. The maximum absolute atomic E-state index is 14.5. The number of anilines is 2. The van der Waals surface area contributed by atoms with Crippen molar-refractivity contribution < 1.29 is 23.4 Å². The molecule has 0 radical (unpaired) electrons. The van der Waals surface area contributed by atoms with E-state index in [1.54, 1.807) is 31.2 Å². The van der Waals surface area contributed by atoms with E-state index in [1.165, 1.54) is 19.4 Å². The molecule has 1 unspecified atom stereocenters. The lowest BCUT2D eigenvalue weighted by Crippen LogP contribution is -2.52. The lowest BCUT2D eigenvalue weighted by molar-refractivity contribution is -0.165. The average Bonchev–Trinajstić information content (AvgIpc) is 2.89. The fourth-order valence-corrected chi connectivity index (χ4v) is 4.34. The quantitative estimate of drug-likeness (QED) is 0.334. The number of ether oxygens (including phenoxy) is 3. The lowest BCUT2D eigenvalue weighted by atomic mass is 9.91. The van der Waals surface area contributed by atoms with Gasteiger partial charge in [-0.15, -0.1) is 0 Å². The van der Waals surface area contributed by atoms with Gasteiger partial charge in [0.25, 0.3) is 0 Å². The minimum absolute atomic E-state index is 0.00920. The third kappa shape index (κ3) is 6.64. The van der Waals surface area contributed by atoms with Crippen LogP contribution < -0.4 is 21.1 Å². The van der Waals surface area contributed by atoms with Crippen LogP contribution in [0.2, 0.25) is 5.02 Å². The molecule has 1 amide bonds. The first kappa shape index (κ1) is 27.0. The summed E-state index contributed by atoms with van der Waals surface area (Å²) in [6.07, 6.45) is 4.30. The number of rotatable bonds is 10. The van der Waals surface area contributed by atoms with Gasteiger partial charge < -0.3 is 30.6 Å². The highest BCUT2D eigenvalue weighted by molar-refractivity contribution is 6.31. The number of fused-ring (bicyclic) bond motifs is 1. The van der Waals surface area contributed by atoms with Crippen molar-refractivity contribution in [2.45, 2.75) is 44.4 Å². The van der Waals surface area contributed by atoms with Crippen LogP contribution in [0.25, 0.3) is 10.9 Å². The zero-order chi connectivity index (χ0) is 26.4. The number of nitrogens with one attached hydrogen (secondary N) is 2. The molecule has 4 N–H and O–H groups in total. The zero-order valence-electron chi connectivity index (χ0n) is 20.9. The van der Waals surface area contributed by atoms with Crippen molar-refractivity contribution in [1.82, 2.24) is 15.3 Å². The Morgan fingerprint density at radius 1 is 1.30 bits per heavy atom. The Bertz CT molecular complexity index is 1250. The maximum Gasteiger partial charge on any atom is 0.239 e. The number of aromatic nitrogens is 2. The fourth-order valence-electron chi connectivity index (χ4n) is 4.16. The van der Waals surface area contributed by atoms with Crippen molar-refractivity contribution >= 4 is 39.9 Å². The minimum atomic E-state index is -1.21. The van der Waals surface area contributed by atoms with E-state index in [2.05, 4.69) is 20.6 Å². The molecule has 0 bridgehead atoms. The Morgan fingerprint density at radius 2 is 2.14 bits per heavy atom. The molecule has 3 aromatic rings. The van der Waals surface area contributed by atoms with Gasteiger partial charge in [0.05, 0.1) is 28.4 Å². The van der Waals surface area contributed by atoms with Crippen LogP contribution in [0.5, 0.6) is 5.75 Å². The zero-order valence-corrected chi connectivity index (χ0v) is 21.6. The SMILES string of the molecule is CNC(=O)[C@@](C)(N)Cc1cc2c(Nc3cccc(Cl)c3F)ncnc2cc1OCCOC1CCCCO1. The van der Waals surface area contributed by atoms with E-state index >= 15 is 0 Å². The third-order valence-electron chi connectivity index (χ3n) is 6.11. The molecule has 11 heteroatoms. The third-order valence-corrected chi connectivity index (χ3v) is 6.40. The van der Waals surface area contributed by atoms with Gasteiger partial charge in [0.2, 0.25) is 5.91 Å². The van der Waals surface area contributed by atoms with Gasteiger partial charge in [-0.2, -0.15) is 0 Å². The molecule has 1 fully saturated rings. The Labute approximate surface area is 219 Å². The first-order valence-electron chi connectivity index (χ1n) is 12.1. The molecule has 9 nitrogen and oxygen atoms in total. The second kappa shape index (κ2) is 12.0. The van der Waals surface area contributed by atoms with E-state index in [0.717, 1.165) is 19.3 Å². The molecule has 1 aromatic heterocycles. The van der Waals surface area contributed by atoms with Crippen LogP contribution in [0.3, 0.4) is 0 Å². The molecule has 2 aromatic carbocycles. The van der Waals surface area contributed by atoms with Crippen LogP contribution in [-0.4, -0.2) is 54.6 Å². The van der Waals surface area contributed by atoms with E-state index in [1.807, 2.05) is 0 Å². The summed E-state index contributed by atoms with van der Waals surface area (Å²) in [5, 5.41) is 6.18. The van der Waals surface area contributed by atoms with Gasteiger partial charge in [0.15, 0.2) is 12.1 Å². The molecule has 4 rings (SSSR count). The molecule has 2 heterocycles. The second-order valence-electron chi connectivity index (χ2n) is 9.11. The summed E-state index contributed by atoms with van der Waals surface area (Å²) in [7, 11) is 1.53. The number of carbonyl (C=O) groups is 1. The summed E-state index contributed by atoms with van der Waals surface area (Å²) < 4.78 is 32.0. The first-order valence-corrected chi connectivity index (χ1v) is 12.5. The van der Waals surface area contributed by atoms with Crippen molar-refractivity contribution in [1.29, 1.82) is 0 Å². The Hall–Kier alpha value is -3.05. The molecule has 1 saturated heterocycles. The van der Waals surface area contributed by atoms with E-state index < -0.39 is 11.4 Å². The number of halogens is 2. The van der Waals surface area contributed by atoms with Crippen molar-refractivity contribution in [2.24, 2.45) is 5.73 Å². The second-order valence-corrected chi connectivity index (χ2v) is 9.52. The molecule has 1 aliphatic heterocycles. The molecule has 198 valence electrons. The highest BCUT2D eigenvalue weighted by Crippen LogP contribution is 2.33. The van der Waals surface area contributed by atoms with Gasteiger partial charge in [-0.1, -0.05) is 17.7 Å². The Balaban J connectivity index is 1.63. The summed E-state index contributed by atoms with van der Waals surface area (Å²) >= 11 is 5.94. The number of hydrogen-bond donors (Lipinski definition) is 3. The topological polar surface area (TPSA) is 121 Å². The molecular weight excluding hydrogens is 501 g/mol. The highest BCUT2D eigenvalue weighted by atomic mass is 35.5. The summed E-state index contributed by atoms with van der Waals surface area (Å²) in [6, 6.07) is 8.22. The number of likely N-dealkylation sites (N-methyl/N-ethyl adjacent to an activating group) is 1. The van der Waals surface area contributed by atoms with Crippen LogP contribution in [-0.2, 0) is 20.7 Å². The summed E-state index contributed by atoms with van der Waals surface area (Å²) in [4.78, 5) is 21.1. The van der Waals surface area contributed by atoms with Crippen molar-refractivity contribution in [3.05, 3.63) is 53.1 Å². The van der Waals surface area contributed by atoms with Gasteiger partial charge in [-0.25, -0.2) is 14.4 Å². The first-order chi connectivity index (χ1) is 17.8. The molecule has 0 spiro atoms. The molecule has 1 aliphatic rings. The minimum Gasteiger partial charge on any atom is -0.491 e. The smallest absolute Gasteiger partial charge is 0.239 e. The van der Waals surface area contributed by atoms with E-state index in [0.29, 0.717) is 41.2 Å². The Morgan fingerprint density at radius 3 is 2.89 bits per heavy atom. The number of hydrogen-bond acceptors (Lipinski definition) is 8. The molecule has 0 aliphatic carbocycles. The van der Waals surface area contributed by atoms with Crippen LogP contribution in [0, 0.1) is 5.82 Å². The van der Waals surface area contributed by atoms with Gasteiger partial charge in [0.1, 0.15) is 24.5 Å². The average molecular weight is 532 g/mol. The predicted octanol–water partition coefficient (Wildman–Crippen LogP) is 4.09. The summed E-state index contributed by atoms with van der Waals surface area (Å²) in [5.74, 6) is -0.0255. The summed E-state index contributed by atoms with van der Waals surface area (Å²) in [5.41, 5.74) is 6.53. The van der Waals surface area contributed by atoms with E-state index in [4.69, 9.17) is 31.5 Å². The predicted molar refractivity (Wildman–Crippen MR) is 140 cm³/mol. The van der Waals surface area contributed by atoms with Crippen molar-refractivity contribution in [3.63, 3.8) is 0 Å². The molecule has 0 saturated carbocycles. The van der Waals surface area contributed by atoms with Crippen LogP contribution in [0.4, 0.5) is 15.9 Å². The molecule has 37 heavy (non-hydrogen) atoms. The van der Waals surface area contributed by atoms with E-state index in [-0.39, 0.29) is 35.9 Å². The molecule has 2 atom stereocenters. The highest BCUT2D eigenvalue weighted by Gasteiger charge is 2.29. The van der Waals surface area contributed by atoms with Crippen LogP contribution >= 0.6 is 11.6 Å². The number of amides is 1. The standard InChI is InChI=1S/C26H31ClFN5O4/c1-26(29,25(34)30-2)14-16-12-17-20(13-21(16)35-10-11-37-22-8-3-4-9-36-22)31-15-32-24(17)33-19-7-5-6-18(27)23(19)28/h5-7,12-13,15,22H,3-4,8-11,14,29H2,1-2H3,(H,30,34)(H,31,32,33)/t22?,26-/m0/s1. The molecular formula is C26H31ClFN5O4. The van der Waals surface area contributed by atoms with Gasteiger partial charge in [-0.3, -0.25) is 4.79 Å². The number of nitrogens with zero attached hydrogens (tertiary/aromatic N) is 2. The fraction of sp³-hybridized carbons (Fsp3) is 0.423.